The van der Waals surface area contributed by atoms with E-state index in [1.165, 1.54) is 7.11 Å². The molecule has 7 heteroatoms. The Labute approximate surface area is 180 Å². The molecule has 30 heavy (non-hydrogen) atoms. The molecule has 0 N–H and O–H groups in total. The van der Waals surface area contributed by atoms with Crippen LogP contribution in [0.3, 0.4) is 0 Å². The lowest BCUT2D eigenvalue weighted by atomic mass is 10.0. The predicted molar refractivity (Wildman–Crippen MR) is 115 cm³/mol. The number of fused-ring (bicyclic) bond motifs is 2. The molecule has 0 aliphatic carbocycles. The maximum atomic E-state index is 12.8. The Hall–Kier alpha value is -2.83. The summed E-state index contributed by atoms with van der Waals surface area (Å²) in [5.74, 6) is 1.26. The second-order valence-electron chi connectivity index (χ2n) is 7.46. The summed E-state index contributed by atoms with van der Waals surface area (Å²) in [4.78, 5) is 19.0. The van der Waals surface area contributed by atoms with Crippen LogP contribution in [0, 0.1) is 13.8 Å². The Morgan fingerprint density at radius 2 is 1.93 bits per heavy atom. The Morgan fingerprint density at radius 1 is 1.13 bits per heavy atom. The number of pyridine rings is 1. The van der Waals surface area contributed by atoms with Crippen molar-refractivity contribution in [1.82, 2.24) is 9.88 Å². The molecular formula is C23H23ClN2O4. The topological polar surface area (TPSA) is 60.9 Å². The van der Waals surface area contributed by atoms with Gasteiger partial charge in [0.25, 0.3) is 0 Å². The first-order valence-corrected chi connectivity index (χ1v) is 10.0. The molecule has 0 atom stereocenters. The van der Waals surface area contributed by atoms with Gasteiger partial charge in [0.15, 0.2) is 11.5 Å². The number of benzene rings is 2. The van der Waals surface area contributed by atoms with Gasteiger partial charge in [-0.25, -0.2) is 4.98 Å². The molecule has 1 aliphatic rings. The second-order valence-corrected chi connectivity index (χ2v) is 7.82. The quantitative estimate of drug-likeness (QED) is 0.546. The lowest BCUT2D eigenvalue weighted by molar-refractivity contribution is -0.136. The molecule has 0 spiro atoms. The molecule has 2 heterocycles. The number of methoxy groups -OCH3 is 1. The molecule has 0 fully saturated rings. The van der Waals surface area contributed by atoms with Crippen LogP contribution in [0.2, 0.25) is 5.15 Å². The van der Waals surface area contributed by atoms with Gasteiger partial charge < -0.3 is 19.1 Å². The van der Waals surface area contributed by atoms with Gasteiger partial charge in [-0.2, -0.15) is 0 Å². The lowest BCUT2D eigenvalue weighted by Crippen LogP contribution is -2.33. The minimum atomic E-state index is -0.132. The van der Waals surface area contributed by atoms with E-state index in [1.807, 2.05) is 37.3 Å². The van der Waals surface area contributed by atoms with Gasteiger partial charge in [-0.3, -0.25) is 4.79 Å². The smallest absolute Gasteiger partial charge is 0.249 e. The summed E-state index contributed by atoms with van der Waals surface area (Å²) in [6.45, 7) is 5.00. The summed E-state index contributed by atoms with van der Waals surface area (Å²) in [5.41, 5.74) is 4.84. The Morgan fingerprint density at radius 3 is 2.73 bits per heavy atom. The first-order valence-electron chi connectivity index (χ1n) is 9.66. The van der Waals surface area contributed by atoms with Crippen molar-refractivity contribution in [1.29, 1.82) is 0 Å². The second kappa shape index (κ2) is 8.50. The molecule has 6 nitrogen and oxygen atoms in total. The number of amides is 1. The summed E-state index contributed by atoms with van der Waals surface area (Å²) in [5, 5.41) is 1.43. The molecule has 1 aromatic heterocycles. The minimum absolute atomic E-state index is 0.0125. The summed E-state index contributed by atoms with van der Waals surface area (Å²) in [7, 11) is 1.51. The van der Waals surface area contributed by atoms with E-state index in [-0.39, 0.29) is 19.3 Å². The van der Waals surface area contributed by atoms with E-state index in [1.54, 1.807) is 4.90 Å². The standard InChI is InChI=1S/C23H23ClN2O4/c1-14-6-15(2)18-9-17(23(24)25-19(18)7-14)11-26(22(27)12-28-3)10-16-4-5-20-21(8-16)30-13-29-20/h4-9H,10-13H2,1-3H3. The first-order chi connectivity index (χ1) is 14.4. The van der Waals surface area contributed by atoms with Crippen LogP contribution < -0.4 is 9.47 Å². The Bertz CT molecular complexity index is 1120. The van der Waals surface area contributed by atoms with Crippen molar-refractivity contribution >= 4 is 28.4 Å². The van der Waals surface area contributed by atoms with Gasteiger partial charge in [0.05, 0.1) is 5.52 Å². The summed E-state index contributed by atoms with van der Waals surface area (Å²) in [6.07, 6.45) is 0. The van der Waals surface area contributed by atoms with E-state index < -0.39 is 0 Å². The fourth-order valence-electron chi connectivity index (χ4n) is 3.67. The summed E-state index contributed by atoms with van der Waals surface area (Å²) in [6, 6.07) is 11.8. The van der Waals surface area contributed by atoms with E-state index in [0.29, 0.717) is 29.7 Å². The number of hydrogen-bond acceptors (Lipinski definition) is 5. The minimum Gasteiger partial charge on any atom is -0.454 e. The number of halogens is 1. The number of aryl methyl sites for hydroxylation is 2. The molecular weight excluding hydrogens is 404 g/mol. The number of ether oxygens (including phenoxy) is 3. The van der Waals surface area contributed by atoms with Crippen LogP contribution in [-0.2, 0) is 22.6 Å². The van der Waals surface area contributed by atoms with Crippen LogP contribution in [0.1, 0.15) is 22.3 Å². The highest BCUT2D eigenvalue weighted by molar-refractivity contribution is 6.30. The van der Waals surface area contributed by atoms with E-state index in [4.69, 9.17) is 25.8 Å². The molecule has 1 amide bonds. The molecule has 0 unspecified atom stereocenters. The van der Waals surface area contributed by atoms with Gasteiger partial charge >= 0.3 is 0 Å². The van der Waals surface area contributed by atoms with Gasteiger partial charge in [-0.05, 0) is 54.8 Å². The van der Waals surface area contributed by atoms with Gasteiger partial charge in [0.2, 0.25) is 12.7 Å². The lowest BCUT2D eigenvalue weighted by Gasteiger charge is -2.23. The zero-order valence-electron chi connectivity index (χ0n) is 17.2. The first kappa shape index (κ1) is 20.4. The van der Waals surface area contributed by atoms with Crippen molar-refractivity contribution < 1.29 is 19.0 Å². The van der Waals surface area contributed by atoms with Gasteiger partial charge in [0, 0.05) is 31.1 Å². The number of nitrogens with zero attached hydrogens (tertiary/aromatic N) is 2. The molecule has 2 aromatic carbocycles. The molecule has 156 valence electrons. The van der Waals surface area contributed by atoms with E-state index in [9.17, 15) is 4.79 Å². The van der Waals surface area contributed by atoms with Crippen LogP contribution >= 0.6 is 11.6 Å². The molecule has 0 radical (unpaired) electrons. The number of rotatable bonds is 6. The van der Waals surface area contributed by atoms with E-state index >= 15 is 0 Å². The normalized spacial score (nSPS) is 12.4. The van der Waals surface area contributed by atoms with E-state index in [0.717, 1.165) is 33.2 Å². The highest BCUT2D eigenvalue weighted by atomic mass is 35.5. The number of aromatic nitrogens is 1. The van der Waals surface area contributed by atoms with Crippen molar-refractivity contribution in [3.8, 4) is 11.5 Å². The monoisotopic (exact) mass is 426 g/mol. The van der Waals surface area contributed by atoms with Crippen LogP contribution in [-0.4, -0.2) is 36.3 Å². The highest BCUT2D eigenvalue weighted by Gasteiger charge is 2.20. The third-order valence-electron chi connectivity index (χ3n) is 5.10. The molecule has 0 bridgehead atoms. The molecule has 1 aliphatic heterocycles. The highest BCUT2D eigenvalue weighted by Crippen LogP contribution is 2.33. The molecule has 4 rings (SSSR count). The van der Waals surface area contributed by atoms with Crippen molar-refractivity contribution in [2.45, 2.75) is 26.9 Å². The maximum Gasteiger partial charge on any atom is 0.249 e. The number of hydrogen-bond donors (Lipinski definition) is 0. The fraction of sp³-hybridized carbons (Fsp3) is 0.304. The summed E-state index contributed by atoms with van der Waals surface area (Å²) < 4.78 is 15.9. The number of carbonyl (C=O) groups excluding carboxylic acids is 1. The van der Waals surface area contributed by atoms with Gasteiger partial charge in [-0.15, -0.1) is 0 Å². The van der Waals surface area contributed by atoms with Crippen molar-refractivity contribution in [3.63, 3.8) is 0 Å². The third-order valence-corrected chi connectivity index (χ3v) is 5.43. The van der Waals surface area contributed by atoms with Crippen LogP contribution in [0.15, 0.2) is 36.4 Å². The zero-order chi connectivity index (χ0) is 21.3. The van der Waals surface area contributed by atoms with Crippen LogP contribution in [0.25, 0.3) is 10.9 Å². The number of carbonyl (C=O) groups is 1. The summed E-state index contributed by atoms with van der Waals surface area (Å²) >= 11 is 6.50. The van der Waals surface area contributed by atoms with Crippen LogP contribution in [0.4, 0.5) is 0 Å². The van der Waals surface area contributed by atoms with Gasteiger partial charge in [0.1, 0.15) is 11.8 Å². The average molecular weight is 427 g/mol. The Balaban J connectivity index is 1.65. The van der Waals surface area contributed by atoms with Crippen molar-refractivity contribution in [2.24, 2.45) is 0 Å². The average Bonchev–Trinajstić information content (AvgIpc) is 3.16. The predicted octanol–water partition coefficient (Wildman–Crippen LogP) is 4.41. The fourth-order valence-corrected chi connectivity index (χ4v) is 3.88. The Kier molecular flexibility index (Phi) is 5.79. The van der Waals surface area contributed by atoms with Gasteiger partial charge in [-0.1, -0.05) is 23.7 Å². The molecule has 3 aromatic rings. The van der Waals surface area contributed by atoms with Crippen LogP contribution in [0.5, 0.6) is 11.5 Å². The van der Waals surface area contributed by atoms with Crippen molar-refractivity contribution in [2.75, 3.05) is 20.5 Å². The largest absolute Gasteiger partial charge is 0.454 e. The van der Waals surface area contributed by atoms with Crippen molar-refractivity contribution in [3.05, 3.63) is 63.8 Å². The maximum absolute atomic E-state index is 12.8. The third kappa shape index (κ3) is 4.20. The zero-order valence-corrected chi connectivity index (χ0v) is 18.0. The van der Waals surface area contributed by atoms with E-state index in [2.05, 4.69) is 18.0 Å². The SMILES string of the molecule is COCC(=O)N(Cc1ccc2c(c1)OCO2)Cc1cc2c(C)cc(C)cc2nc1Cl. The molecule has 0 saturated carbocycles. The molecule has 0 saturated heterocycles.